The molecule has 0 aromatic heterocycles. The van der Waals surface area contributed by atoms with Crippen LogP contribution in [0.1, 0.15) is 41.4 Å². The van der Waals surface area contributed by atoms with Crippen molar-refractivity contribution in [1.29, 1.82) is 0 Å². The predicted molar refractivity (Wildman–Crippen MR) is 111 cm³/mol. The number of nitrogens with zero attached hydrogens (tertiary/aromatic N) is 3. The summed E-state index contributed by atoms with van der Waals surface area (Å²) in [6.07, 6.45) is 1.61. The van der Waals surface area contributed by atoms with Crippen molar-refractivity contribution in [2.24, 2.45) is 0 Å². The second-order valence-electron chi connectivity index (χ2n) is 7.21. The van der Waals surface area contributed by atoms with E-state index >= 15 is 0 Å². The van der Waals surface area contributed by atoms with Gasteiger partial charge in [0.25, 0.3) is 23.6 Å². The number of carbonyl (C=O) groups excluding carboxylic acids is 4. The van der Waals surface area contributed by atoms with Crippen LogP contribution in [0.2, 0.25) is 0 Å². The SMILES string of the molecule is C=CCOCCN(CN1C(=O)c2ccccc2C1=O)CN1C(=O)c2ccccc2C1=O. The normalized spacial score (nSPS) is 15.1. The van der Waals surface area contributed by atoms with Crippen LogP contribution in [-0.2, 0) is 4.74 Å². The number of amides is 4. The van der Waals surface area contributed by atoms with Gasteiger partial charge in [-0.05, 0) is 24.3 Å². The third-order valence-electron chi connectivity index (χ3n) is 5.23. The van der Waals surface area contributed by atoms with Gasteiger partial charge < -0.3 is 4.74 Å². The fourth-order valence-corrected chi connectivity index (χ4v) is 3.68. The van der Waals surface area contributed by atoms with Crippen LogP contribution < -0.4 is 0 Å². The lowest BCUT2D eigenvalue weighted by Gasteiger charge is -2.29. The second kappa shape index (κ2) is 8.63. The van der Waals surface area contributed by atoms with Gasteiger partial charge in [0.2, 0.25) is 0 Å². The van der Waals surface area contributed by atoms with Crippen LogP contribution in [-0.4, -0.2) is 71.4 Å². The Morgan fingerprint density at radius 3 is 1.48 bits per heavy atom. The first-order valence-corrected chi connectivity index (χ1v) is 9.84. The molecule has 0 radical (unpaired) electrons. The Hall–Kier alpha value is -3.62. The Kier molecular flexibility index (Phi) is 5.75. The first-order valence-electron chi connectivity index (χ1n) is 9.84. The molecule has 0 spiro atoms. The zero-order valence-electron chi connectivity index (χ0n) is 16.8. The van der Waals surface area contributed by atoms with Crippen LogP contribution in [0.3, 0.4) is 0 Å². The van der Waals surface area contributed by atoms with Gasteiger partial charge >= 0.3 is 0 Å². The van der Waals surface area contributed by atoms with Gasteiger partial charge in [-0.3, -0.25) is 33.9 Å². The Morgan fingerprint density at radius 2 is 1.13 bits per heavy atom. The summed E-state index contributed by atoms with van der Waals surface area (Å²) < 4.78 is 5.44. The minimum atomic E-state index is -0.403. The third kappa shape index (κ3) is 3.78. The highest BCUT2D eigenvalue weighted by molar-refractivity contribution is 6.22. The molecule has 2 aromatic rings. The van der Waals surface area contributed by atoms with E-state index in [4.69, 9.17) is 4.74 Å². The molecular weight excluding hydrogens is 398 g/mol. The highest BCUT2D eigenvalue weighted by atomic mass is 16.5. The molecule has 8 heteroatoms. The summed E-state index contributed by atoms with van der Waals surface area (Å²) in [6.45, 7) is 4.37. The summed E-state index contributed by atoms with van der Waals surface area (Å²) in [7, 11) is 0. The number of benzene rings is 2. The molecule has 0 fully saturated rings. The van der Waals surface area contributed by atoms with Crippen LogP contribution in [0, 0.1) is 0 Å². The van der Waals surface area contributed by atoms with Crippen molar-refractivity contribution in [3.05, 3.63) is 83.4 Å². The van der Waals surface area contributed by atoms with Gasteiger partial charge in [0, 0.05) is 6.54 Å². The first kappa shape index (κ1) is 20.6. The molecule has 0 saturated heterocycles. The molecule has 4 amide bonds. The molecule has 0 N–H and O–H groups in total. The first-order chi connectivity index (χ1) is 15.0. The topological polar surface area (TPSA) is 87.2 Å². The zero-order valence-corrected chi connectivity index (χ0v) is 16.8. The molecule has 31 heavy (non-hydrogen) atoms. The standard InChI is InChI=1S/C23H21N3O5/c1-2-12-31-13-11-24(14-25-20(27)16-7-3-4-8-17(16)21(25)28)15-26-22(29)18-9-5-6-10-19(18)23(26)30/h2-10H,1,11-15H2. The minimum absolute atomic E-state index is 0.0722. The number of imide groups is 2. The summed E-state index contributed by atoms with van der Waals surface area (Å²) in [5, 5.41) is 0. The molecular formula is C23H21N3O5. The van der Waals surface area contributed by atoms with Crippen LogP contribution >= 0.6 is 0 Å². The van der Waals surface area contributed by atoms with Gasteiger partial charge in [0.05, 0.1) is 48.8 Å². The summed E-state index contributed by atoms with van der Waals surface area (Å²) in [6, 6.07) is 13.2. The van der Waals surface area contributed by atoms with Gasteiger partial charge in [0.1, 0.15) is 0 Å². The molecule has 0 bridgehead atoms. The van der Waals surface area contributed by atoms with Gasteiger partial charge in [-0.2, -0.15) is 0 Å². The lowest BCUT2D eigenvalue weighted by atomic mass is 10.1. The number of ether oxygens (including phenoxy) is 1. The maximum Gasteiger partial charge on any atom is 0.262 e. The van der Waals surface area contributed by atoms with Gasteiger partial charge in [0.15, 0.2) is 0 Å². The van der Waals surface area contributed by atoms with E-state index in [1.165, 1.54) is 0 Å². The molecule has 0 unspecified atom stereocenters. The van der Waals surface area contributed by atoms with Crippen molar-refractivity contribution < 1.29 is 23.9 Å². The van der Waals surface area contributed by atoms with E-state index in [2.05, 4.69) is 6.58 Å². The lowest BCUT2D eigenvalue weighted by Crippen LogP contribution is -2.48. The van der Waals surface area contributed by atoms with Crippen molar-refractivity contribution in [2.45, 2.75) is 0 Å². The van der Waals surface area contributed by atoms with E-state index in [0.717, 1.165) is 9.80 Å². The van der Waals surface area contributed by atoms with E-state index in [-0.39, 0.29) is 19.9 Å². The lowest BCUT2D eigenvalue weighted by molar-refractivity contribution is 0.0319. The monoisotopic (exact) mass is 419 g/mol. The molecule has 158 valence electrons. The molecule has 0 atom stereocenters. The fraction of sp³-hybridized carbons (Fsp3) is 0.217. The number of carbonyl (C=O) groups is 4. The Labute approximate surface area is 179 Å². The largest absolute Gasteiger partial charge is 0.376 e. The van der Waals surface area contributed by atoms with Crippen LogP contribution in [0.25, 0.3) is 0 Å². The van der Waals surface area contributed by atoms with E-state index in [1.807, 2.05) is 0 Å². The average molecular weight is 419 g/mol. The summed E-state index contributed by atoms with van der Waals surface area (Å²) in [5.41, 5.74) is 1.37. The van der Waals surface area contributed by atoms with Crippen molar-refractivity contribution >= 4 is 23.6 Å². The highest BCUT2D eigenvalue weighted by Crippen LogP contribution is 2.25. The Morgan fingerprint density at radius 1 is 0.742 bits per heavy atom. The summed E-state index contributed by atoms with van der Waals surface area (Å²) in [4.78, 5) is 54.9. The Balaban J connectivity index is 1.52. The second-order valence-corrected chi connectivity index (χ2v) is 7.21. The number of rotatable bonds is 9. The summed E-state index contributed by atoms with van der Waals surface area (Å²) >= 11 is 0. The molecule has 2 heterocycles. The van der Waals surface area contributed by atoms with Crippen LogP contribution in [0.15, 0.2) is 61.2 Å². The molecule has 2 aliphatic rings. The molecule has 2 aliphatic heterocycles. The van der Waals surface area contributed by atoms with Crippen molar-refractivity contribution in [3.8, 4) is 0 Å². The third-order valence-corrected chi connectivity index (χ3v) is 5.23. The van der Waals surface area contributed by atoms with Crippen molar-refractivity contribution in [1.82, 2.24) is 14.7 Å². The average Bonchev–Trinajstić information content (AvgIpc) is 3.17. The van der Waals surface area contributed by atoms with Gasteiger partial charge in [-0.15, -0.1) is 6.58 Å². The number of hydrogen-bond donors (Lipinski definition) is 0. The molecule has 2 aromatic carbocycles. The highest BCUT2D eigenvalue weighted by Gasteiger charge is 2.39. The quantitative estimate of drug-likeness (QED) is 0.351. The Bertz CT molecular complexity index is 933. The minimum Gasteiger partial charge on any atom is -0.376 e. The number of fused-ring (bicyclic) bond motifs is 2. The summed E-state index contributed by atoms with van der Waals surface area (Å²) in [5.74, 6) is -1.61. The smallest absolute Gasteiger partial charge is 0.262 e. The maximum absolute atomic E-state index is 12.7. The van der Waals surface area contributed by atoms with E-state index in [1.54, 1.807) is 59.5 Å². The van der Waals surface area contributed by atoms with Crippen LogP contribution in [0.5, 0.6) is 0 Å². The van der Waals surface area contributed by atoms with E-state index < -0.39 is 23.6 Å². The van der Waals surface area contributed by atoms with Gasteiger partial charge in [-0.1, -0.05) is 30.3 Å². The van der Waals surface area contributed by atoms with Gasteiger partial charge in [-0.25, -0.2) is 0 Å². The zero-order chi connectivity index (χ0) is 22.0. The molecule has 4 rings (SSSR count). The molecule has 0 saturated carbocycles. The molecule has 8 nitrogen and oxygen atoms in total. The van der Waals surface area contributed by atoms with E-state index in [9.17, 15) is 19.2 Å². The number of hydrogen-bond acceptors (Lipinski definition) is 6. The van der Waals surface area contributed by atoms with Crippen molar-refractivity contribution in [3.63, 3.8) is 0 Å². The molecule has 0 aliphatic carbocycles. The van der Waals surface area contributed by atoms with Crippen molar-refractivity contribution in [2.75, 3.05) is 33.1 Å². The fourth-order valence-electron chi connectivity index (χ4n) is 3.68. The van der Waals surface area contributed by atoms with Crippen LogP contribution in [0.4, 0.5) is 0 Å². The maximum atomic E-state index is 12.7. The van der Waals surface area contributed by atoms with E-state index in [0.29, 0.717) is 35.4 Å². The predicted octanol–water partition coefficient (Wildman–Crippen LogP) is 2.00.